The van der Waals surface area contributed by atoms with Gasteiger partial charge in [0.15, 0.2) is 0 Å². The number of amides is 1. The van der Waals surface area contributed by atoms with Gasteiger partial charge in [0.05, 0.1) is 0 Å². The second kappa shape index (κ2) is 6.29. The summed E-state index contributed by atoms with van der Waals surface area (Å²) >= 11 is 0. The summed E-state index contributed by atoms with van der Waals surface area (Å²) in [6, 6.07) is 6.45. The Hall–Kier alpha value is -1.51. The molecule has 0 heterocycles. The summed E-state index contributed by atoms with van der Waals surface area (Å²) < 4.78 is 0. The highest BCUT2D eigenvalue weighted by atomic mass is 16.2. The van der Waals surface area contributed by atoms with Crippen LogP contribution in [0.2, 0.25) is 0 Å². The molecule has 20 heavy (non-hydrogen) atoms. The minimum atomic E-state index is 0.202. The van der Waals surface area contributed by atoms with Crippen LogP contribution in [-0.2, 0) is 0 Å². The van der Waals surface area contributed by atoms with E-state index in [0.717, 1.165) is 42.6 Å². The van der Waals surface area contributed by atoms with E-state index in [9.17, 15) is 4.79 Å². The maximum absolute atomic E-state index is 12.8. The van der Waals surface area contributed by atoms with Gasteiger partial charge in [0, 0.05) is 30.9 Å². The van der Waals surface area contributed by atoms with Gasteiger partial charge in [0.25, 0.3) is 5.91 Å². The van der Waals surface area contributed by atoms with Crippen molar-refractivity contribution < 1.29 is 4.79 Å². The zero-order valence-corrected chi connectivity index (χ0v) is 13.1. The third-order valence-electron chi connectivity index (χ3n) is 3.94. The highest BCUT2D eigenvalue weighted by Gasteiger charge is 2.33. The fourth-order valence-corrected chi connectivity index (χ4v) is 2.45. The van der Waals surface area contributed by atoms with E-state index in [4.69, 9.17) is 0 Å². The molecule has 1 N–H and O–H groups in total. The number of nitrogens with zero attached hydrogens (tertiary/aromatic N) is 1. The molecule has 3 nitrogen and oxygen atoms in total. The molecule has 1 aromatic carbocycles. The average Bonchev–Trinajstić information content (AvgIpc) is 3.22. The first-order valence-corrected chi connectivity index (χ1v) is 7.62. The molecule has 0 saturated heterocycles. The van der Waals surface area contributed by atoms with Gasteiger partial charge in [-0.1, -0.05) is 13.8 Å². The molecule has 0 aromatic heterocycles. The van der Waals surface area contributed by atoms with Crippen molar-refractivity contribution in [2.45, 2.75) is 46.1 Å². The lowest BCUT2D eigenvalue weighted by Crippen LogP contribution is -2.35. The molecule has 1 saturated carbocycles. The number of aryl methyl sites for hydroxylation is 1. The predicted molar refractivity (Wildman–Crippen MR) is 84.2 cm³/mol. The topological polar surface area (TPSA) is 32.3 Å². The van der Waals surface area contributed by atoms with Gasteiger partial charge in [0.2, 0.25) is 0 Å². The SMILES string of the molecule is CNc1ccc(C(=O)N(CCC(C)C)C2CC2)c(C)c1. The first-order valence-electron chi connectivity index (χ1n) is 7.62. The molecule has 110 valence electrons. The zero-order valence-electron chi connectivity index (χ0n) is 13.1. The van der Waals surface area contributed by atoms with Gasteiger partial charge in [-0.25, -0.2) is 0 Å². The second-order valence-electron chi connectivity index (χ2n) is 6.19. The van der Waals surface area contributed by atoms with Crippen LogP contribution in [0.15, 0.2) is 18.2 Å². The van der Waals surface area contributed by atoms with Crippen molar-refractivity contribution in [3.05, 3.63) is 29.3 Å². The van der Waals surface area contributed by atoms with Crippen molar-refractivity contribution >= 4 is 11.6 Å². The van der Waals surface area contributed by atoms with Crippen LogP contribution < -0.4 is 5.32 Å². The summed E-state index contributed by atoms with van der Waals surface area (Å²) in [7, 11) is 1.90. The smallest absolute Gasteiger partial charge is 0.254 e. The molecule has 1 amide bonds. The summed E-state index contributed by atoms with van der Waals surface area (Å²) in [5.41, 5.74) is 2.95. The lowest BCUT2D eigenvalue weighted by molar-refractivity contribution is 0.0734. The van der Waals surface area contributed by atoms with Crippen molar-refractivity contribution in [3.8, 4) is 0 Å². The Balaban J connectivity index is 2.14. The van der Waals surface area contributed by atoms with E-state index >= 15 is 0 Å². The number of benzene rings is 1. The molecule has 0 spiro atoms. The molecule has 3 heteroatoms. The van der Waals surface area contributed by atoms with Gasteiger partial charge in [-0.2, -0.15) is 0 Å². The number of anilines is 1. The predicted octanol–water partition coefficient (Wildman–Crippen LogP) is 3.69. The second-order valence-corrected chi connectivity index (χ2v) is 6.19. The number of hydrogen-bond donors (Lipinski definition) is 1. The van der Waals surface area contributed by atoms with Gasteiger partial charge in [-0.3, -0.25) is 4.79 Å². The Bertz CT molecular complexity index is 478. The Kier molecular flexibility index (Phi) is 4.69. The van der Waals surface area contributed by atoms with Crippen molar-refractivity contribution in [1.29, 1.82) is 0 Å². The third kappa shape index (κ3) is 3.53. The molecule has 0 aliphatic heterocycles. The van der Waals surface area contributed by atoms with Crippen LogP contribution in [0.25, 0.3) is 0 Å². The summed E-state index contributed by atoms with van der Waals surface area (Å²) in [6.07, 6.45) is 3.41. The van der Waals surface area contributed by atoms with Crippen molar-refractivity contribution in [1.82, 2.24) is 4.90 Å². The first kappa shape index (κ1) is 14.9. The Labute approximate surface area is 122 Å². The van der Waals surface area contributed by atoms with Crippen molar-refractivity contribution in [2.24, 2.45) is 5.92 Å². The van der Waals surface area contributed by atoms with E-state index in [-0.39, 0.29) is 5.91 Å². The van der Waals surface area contributed by atoms with E-state index in [0.29, 0.717) is 12.0 Å². The van der Waals surface area contributed by atoms with Crippen LogP contribution in [0, 0.1) is 12.8 Å². The summed E-state index contributed by atoms with van der Waals surface area (Å²) in [6.45, 7) is 7.32. The minimum absolute atomic E-state index is 0.202. The van der Waals surface area contributed by atoms with E-state index in [1.54, 1.807) is 0 Å². The Morgan fingerprint density at radius 3 is 2.60 bits per heavy atom. The highest BCUT2D eigenvalue weighted by molar-refractivity contribution is 5.96. The fourth-order valence-electron chi connectivity index (χ4n) is 2.45. The van der Waals surface area contributed by atoms with Crippen LogP contribution in [0.5, 0.6) is 0 Å². The largest absolute Gasteiger partial charge is 0.388 e. The summed E-state index contributed by atoms with van der Waals surface area (Å²) in [5.74, 6) is 0.838. The lowest BCUT2D eigenvalue weighted by Gasteiger charge is -2.24. The Morgan fingerprint density at radius 2 is 2.10 bits per heavy atom. The number of hydrogen-bond acceptors (Lipinski definition) is 2. The molecule has 1 aliphatic carbocycles. The first-order chi connectivity index (χ1) is 9.52. The van der Waals surface area contributed by atoms with Crippen molar-refractivity contribution in [3.63, 3.8) is 0 Å². The van der Waals surface area contributed by atoms with E-state index in [1.165, 1.54) is 0 Å². The molecular weight excluding hydrogens is 248 g/mol. The number of carbonyl (C=O) groups is 1. The van der Waals surface area contributed by atoms with Crippen LogP contribution in [0.3, 0.4) is 0 Å². The standard InChI is InChI=1S/C17H26N2O/c1-12(2)9-10-19(15-6-7-15)17(20)16-8-5-14(18-4)11-13(16)3/h5,8,11-12,15,18H,6-7,9-10H2,1-4H3. The van der Waals surface area contributed by atoms with Gasteiger partial charge < -0.3 is 10.2 Å². The lowest BCUT2D eigenvalue weighted by atomic mass is 10.1. The fraction of sp³-hybridized carbons (Fsp3) is 0.588. The van der Waals surface area contributed by atoms with Crippen molar-refractivity contribution in [2.75, 3.05) is 18.9 Å². The van der Waals surface area contributed by atoms with Gasteiger partial charge in [-0.15, -0.1) is 0 Å². The molecule has 0 bridgehead atoms. The van der Waals surface area contributed by atoms with E-state index in [2.05, 4.69) is 24.1 Å². The summed E-state index contributed by atoms with van der Waals surface area (Å²) in [4.78, 5) is 14.8. The van der Waals surface area contributed by atoms with Crippen LogP contribution in [0.1, 0.15) is 49.0 Å². The maximum Gasteiger partial charge on any atom is 0.254 e. The number of nitrogens with one attached hydrogen (secondary N) is 1. The normalized spacial score (nSPS) is 14.4. The van der Waals surface area contributed by atoms with Crippen LogP contribution in [0.4, 0.5) is 5.69 Å². The van der Waals surface area contributed by atoms with Gasteiger partial charge in [0.1, 0.15) is 0 Å². The summed E-state index contributed by atoms with van der Waals surface area (Å²) in [5, 5.41) is 3.11. The molecular formula is C17H26N2O. The number of carbonyl (C=O) groups excluding carboxylic acids is 1. The van der Waals surface area contributed by atoms with E-state index in [1.807, 2.05) is 32.2 Å². The Morgan fingerprint density at radius 1 is 1.40 bits per heavy atom. The minimum Gasteiger partial charge on any atom is -0.388 e. The maximum atomic E-state index is 12.8. The monoisotopic (exact) mass is 274 g/mol. The molecule has 1 fully saturated rings. The molecule has 1 aromatic rings. The third-order valence-corrected chi connectivity index (χ3v) is 3.94. The van der Waals surface area contributed by atoms with Crippen LogP contribution in [-0.4, -0.2) is 30.4 Å². The molecule has 1 aliphatic rings. The molecule has 0 atom stereocenters. The van der Waals surface area contributed by atoms with Crippen LogP contribution >= 0.6 is 0 Å². The molecule has 2 rings (SSSR count). The molecule has 0 radical (unpaired) electrons. The van der Waals surface area contributed by atoms with Gasteiger partial charge >= 0.3 is 0 Å². The average molecular weight is 274 g/mol. The zero-order chi connectivity index (χ0) is 14.7. The van der Waals surface area contributed by atoms with E-state index < -0.39 is 0 Å². The highest BCUT2D eigenvalue weighted by Crippen LogP contribution is 2.29. The van der Waals surface area contributed by atoms with Gasteiger partial charge in [-0.05, 0) is 55.9 Å². The number of rotatable bonds is 6. The molecule has 0 unspecified atom stereocenters. The quantitative estimate of drug-likeness (QED) is 0.858.